The van der Waals surface area contributed by atoms with Gasteiger partial charge in [0.15, 0.2) is 5.82 Å². The molecule has 134 valence electrons. The summed E-state index contributed by atoms with van der Waals surface area (Å²) in [4.78, 5) is 1.03. The summed E-state index contributed by atoms with van der Waals surface area (Å²) in [6, 6.07) is 18.2. The summed E-state index contributed by atoms with van der Waals surface area (Å²) in [5, 5.41) is 18.2. The summed E-state index contributed by atoms with van der Waals surface area (Å²) >= 11 is 8.42. The molecule has 0 fully saturated rings. The van der Waals surface area contributed by atoms with E-state index in [1.165, 1.54) is 0 Å². The van der Waals surface area contributed by atoms with Gasteiger partial charge < -0.3 is 0 Å². The Morgan fingerprint density at radius 3 is 2.56 bits per heavy atom. The molecular weight excluding hydrogens is 460 g/mol. The number of aromatic nitrogens is 3. The Kier molecular flexibility index (Phi) is 5.98. The van der Waals surface area contributed by atoms with Crippen LogP contribution < -0.4 is 0 Å². The lowest BCUT2D eigenvalue weighted by Crippen LogP contribution is -1.95. The number of hydrogen-bond acceptors (Lipinski definition) is 6. The third-order valence-corrected chi connectivity index (χ3v) is 6.72. The number of nitrogens with zero attached hydrogens (tertiary/aromatic N) is 4. The third-order valence-electron chi connectivity index (χ3n) is 3.44. The van der Waals surface area contributed by atoms with Gasteiger partial charge >= 0.3 is 0 Å². The molecule has 3 heterocycles. The summed E-state index contributed by atoms with van der Waals surface area (Å²) in [5.41, 5.74) is 1.10. The molecule has 4 aromatic rings. The van der Waals surface area contributed by atoms with Crippen molar-refractivity contribution in [2.24, 2.45) is 5.10 Å². The van der Waals surface area contributed by atoms with Gasteiger partial charge in [-0.2, -0.15) is 9.78 Å². The van der Waals surface area contributed by atoms with Crippen molar-refractivity contribution in [1.29, 1.82) is 0 Å². The maximum atomic E-state index is 4.64. The molecule has 0 aliphatic carbocycles. The molecule has 0 saturated carbocycles. The van der Waals surface area contributed by atoms with Gasteiger partial charge in [0, 0.05) is 4.48 Å². The van der Waals surface area contributed by atoms with E-state index in [9.17, 15) is 0 Å². The van der Waals surface area contributed by atoms with Crippen molar-refractivity contribution in [3.05, 3.63) is 75.4 Å². The quantitative estimate of drug-likeness (QED) is 0.301. The lowest BCUT2D eigenvalue weighted by molar-refractivity contribution is 0.774. The molecular formula is C19H13BrN4S3. The lowest BCUT2D eigenvalue weighted by Gasteiger charge is -2.02. The lowest BCUT2D eigenvalue weighted by atomic mass is 10.2. The highest BCUT2D eigenvalue weighted by molar-refractivity contribution is 9.12. The Morgan fingerprint density at radius 1 is 1.00 bits per heavy atom. The van der Waals surface area contributed by atoms with E-state index in [1.807, 2.05) is 65.4 Å². The first-order chi connectivity index (χ1) is 13.3. The molecule has 27 heavy (non-hydrogen) atoms. The van der Waals surface area contributed by atoms with Gasteiger partial charge in [-0.15, -0.1) is 32.9 Å². The fraction of sp³-hybridized carbons (Fsp3) is 0. The fourth-order valence-electron chi connectivity index (χ4n) is 2.26. The van der Waals surface area contributed by atoms with Crippen LogP contribution in [-0.4, -0.2) is 21.1 Å². The second-order valence-electron chi connectivity index (χ2n) is 5.31. The predicted molar refractivity (Wildman–Crippen MR) is 119 cm³/mol. The molecule has 0 aliphatic rings. The van der Waals surface area contributed by atoms with Gasteiger partial charge in [0.05, 0.1) is 15.3 Å². The van der Waals surface area contributed by atoms with Crippen LogP contribution in [0.4, 0.5) is 0 Å². The minimum absolute atomic E-state index is 0.733. The van der Waals surface area contributed by atoms with Crippen molar-refractivity contribution in [2.75, 3.05) is 0 Å². The van der Waals surface area contributed by atoms with Gasteiger partial charge in [-0.25, -0.2) is 0 Å². The van der Waals surface area contributed by atoms with Crippen molar-refractivity contribution in [3.63, 3.8) is 0 Å². The molecule has 4 rings (SSSR count). The molecule has 8 heteroatoms. The largest absolute Gasteiger partial charge is 0.217 e. The van der Waals surface area contributed by atoms with Gasteiger partial charge in [-0.1, -0.05) is 42.5 Å². The number of allylic oxidation sites excluding steroid dienone is 1. The highest BCUT2D eigenvalue weighted by Crippen LogP contribution is 2.33. The maximum Gasteiger partial charge on any atom is 0.217 e. The third kappa shape index (κ3) is 4.65. The van der Waals surface area contributed by atoms with E-state index in [4.69, 9.17) is 0 Å². The van der Waals surface area contributed by atoms with Gasteiger partial charge in [0.1, 0.15) is 0 Å². The van der Waals surface area contributed by atoms with Crippen LogP contribution in [0, 0.1) is 0 Å². The average molecular weight is 473 g/mol. The number of halogens is 1. The van der Waals surface area contributed by atoms with Crippen LogP contribution >= 0.6 is 50.4 Å². The number of benzene rings is 1. The van der Waals surface area contributed by atoms with Gasteiger partial charge in [0.25, 0.3) is 0 Å². The van der Waals surface area contributed by atoms with Crippen molar-refractivity contribution in [1.82, 2.24) is 14.9 Å². The Balaban J connectivity index is 1.67. The summed E-state index contributed by atoms with van der Waals surface area (Å²) in [7, 11) is 0. The molecule has 3 aromatic heterocycles. The minimum Gasteiger partial charge on any atom is -0.186 e. The van der Waals surface area contributed by atoms with Crippen LogP contribution in [0.3, 0.4) is 0 Å². The molecule has 0 unspecified atom stereocenters. The SMILES string of the molecule is BrC(/C=N\n1c(Sc2cccs2)nnc1-c1cccs1)=C\c1ccccc1. The molecule has 0 atom stereocenters. The Labute approximate surface area is 177 Å². The highest BCUT2D eigenvalue weighted by atomic mass is 79.9. The topological polar surface area (TPSA) is 43.1 Å². The van der Waals surface area contributed by atoms with Crippen molar-refractivity contribution < 1.29 is 0 Å². The molecule has 0 N–H and O–H groups in total. The molecule has 4 nitrogen and oxygen atoms in total. The Bertz CT molecular complexity index is 1050. The van der Waals surface area contributed by atoms with Crippen molar-refractivity contribution in [3.8, 4) is 10.7 Å². The van der Waals surface area contributed by atoms with Crippen molar-refractivity contribution >= 4 is 62.7 Å². The van der Waals surface area contributed by atoms with E-state index in [-0.39, 0.29) is 0 Å². The average Bonchev–Trinajstić information content (AvgIpc) is 3.43. The zero-order valence-electron chi connectivity index (χ0n) is 13.9. The first-order valence-corrected chi connectivity index (χ1v) is 11.3. The van der Waals surface area contributed by atoms with Crippen molar-refractivity contribution in [2.45, 2.75) is 9.37 Å². The highest BCUT2D eigenvalue weighted by Gasteiger charge is 2.15. The summed E-state index contributed by atoms with van der Waals surface area (Å²) in [5.74, 6) is 0.736. The second-order valence-corrected chi connectivity index (χ2v) is 9.39. The standard InChI is InChI=1S/C19H13BrN4S3/c20-15(12-14-6-2-1-3-7-14)13-21-24-18(16-8-4-10-25-16)22-23-19(24)27-17-9-5-11-26-17/h1-13H/b15-12-,21-13-. The number of rotatable bonds is 6. The Hall–Kier alpha value is -2.00. The summed E-state index contributed by atoms with van der Waals surface area (Å²) < 4.78 is 3.80. The minimum atomic E-state index is 0.733. The first-order valence-electron chi connectivity index (χ1n) is 7.97. The first kappa shape index (κ1) is 18.4. The molecule has 0 aliphatic heterocycles. The fourth-order valence-corrected chi connectivity index (χ4v) is 4.97. The van der Waals surface area contributed by atoms with Crippen LogP contribution in [0.2, 0.25) is 0 Å². The maximum absolute atomic E-state index is 4.64. The van der Waals surface area contributed by atoms with Crippen LogP contribution in [-0.2, 0) is 0 Å². The molecule has 0 saturated heterocycles. The molecule has 0 spiro atoms. The number of thiophene rings is 2. The van der Waals surface area contributed by atoms with E-state index in [2.05, 4.69) is 37.3 Å². The van der Waals surface area contributed by atoms with Crippen LogP contribution in [0.5, 0.6) is 0 Å². The Morgan fingerprint density at radius 2 is 1.81 bits per heavy atom. The van der Waals surface area contributed by atoms with Crippen LogP contribution in [0.1, 0.15) is 5.56 Å². The zero-order chi connectivity index (χ0) is 18.5. The smallest absolute Gasteiger partial charge is 0.186 e. The van der Waals surface area contributed by atoms with E-state index in [0.29, 0.717) is 0 Å². The van der Waals surface area contributed by atoms with E-state index < -0.39 is 0 Å². The van der Waals surface area contributed by atoms with Gasteiger partial charge in [-0.3, -0.25) is 0 Å². The molecule has 0 bridgehead atoms. The van der Waals surface area contributed by atoms with Gasteiger partial charge in [0.2, 0.25) is 5.16 Å². The van der Waals surface area contributed by atoms with E-state index >= 15 is 0 Å². The summed E-state index contributed by atoms with van der Waals surface area (Å²) in [6.45, 7) is 0. The van der Waals surface area contributed by atoms with Crippen LogP contribution in [0.15, 0.2) is 84.3 Å². The zero-order valence-corrected chi connectivity index (χ0v) is 17.9. The molecule has 0 radical (unpaired) electrons. The van der Waals surface area contributed by atoms with E-state index in [1.54, 1.807) is 45.3 Å². The molecule has 0 amide bonds. The predicted octanol–water partition coefficient (Wildman–Crippen LogP) is 6.49. The summed E-state index contributed by atoms with van der Waals surface area (Å²) in [6.07, 6.45) is 3.79. The van der Waals surface area contributed by atoms with Gasteiger partial charge in [-0.05, 0) is 62.2 Å². The normalized spacial score (nSPS) is 12.1. The molecule has 1 aromatic carbocycles. The van der Waals surface area contributed by atoms with E-state index in [0.717, 1.165) is 30.1 Å². The number of hydrogen-bond donors (Lipinski definition) is 0. The monoisotopic (exact) mass is 472 g/mol. The second kappa shape index (κ2) is 8.79. The van der Waals surface area contributed by atoms with Crippen LogP contribution in [0.25, 0.3) is 16.8 Å².